The third-order valence-electron chi connectivity index (χ3n) is 3.95. The number of anilines is 1. The maximum absolute atomic E-state index is 12.2. The highest BCUT2D eigenvalue weighted by molar-refractivity contribution is 7.98. The Balaban J connectivity index is 1.68. The highest BCUT2D eigenvalue weighted by Crippen LogP contribution is 2.19. The van der Waals surface area contributed by atoms with Crippen molar-refractivity contribution in [2.24, 2.45) is 5.92 Å². The zero-order valence-corrected chi connectivity index (χ0v) is 14.3. The molecule has 0 aliphatic carbocycles. The molecule has 0 saturated carbocycles. The molecular weight excluding hydrogens is 296 g/mol. The van der Waals surface area contributed by atoms with Crippen LogP contribution in [0.25, 0.3) is 0 Å². The van der Waals surface area contributed by atoms with Gasteiger partial charge in [0.15, 0.2) is 0 Å². The SMILES string of the molecule is CSCC1CCCN(C(=O)NCCNc2ccncc2C)C1. The quantitative estimate of drug-likeness (QED) is 0.791. The number of piperidine rings is 1. The number of nitrogens with zero attached hydrogens (tertiary/aromatic N) is 2. The largest absolute Gasteiger partial charge is 0.383 e. The van der Waals surface area contributed by atoms with Gasteiger partial charge in [-0.05, 0) is 49.3 Å². The number of thioether (sulfide) groups is 1. The Labute approximate surface area is 137 Å². The van der Waals surface area contributed by atoms with Gasteiger partial charge in [0.25, 0.3) is 0 Å². The molecule has 6 heteroatoms. The molecule has 0 spiro atoms. The second-order valence-corrected chi connectivity index (χ2v) is 6.67. The lowest BCUT2D eigenvalue weighted by Gasteiger charge is -2.32. The van der Waals surface area contributed by atoms with E-state index in [1.807, 2.05) is 35.8 Å². The van der Waals surface area contributed by atoms with E-state index in [0.29, 0.717) is 12.5 Å². The molecule has 2 heterocycles. The van der Waals surface area contributed by atoms with E-state index in [0.717, 1.165) is 43.1 Å². The first kappa shape index (κ1) is 16.9. The zero-order valence-electron chi connectivity index (χ0n) is 13.5. The van der Waals surface area contributed by atoms with Crippen LogP contribution in [0.4, 0.5) is 10.5 Å². The zero-order chi connectivity index (χ0) is 15.8. The molecule has 1 atom stereocenters. The van der Waals surface area contributed by atoms with Crippen LogP contribution >= 0.6 is 11.8 Å². The van der Waals surface area contributed by atoms with E-state index in [2.05, 4.69) is 21.9 Å². The van der Waals surface area contributed by atoms with Crippen molar-refractivity contribution in [2.45, 2.75) is 19.8 Å². The topological polar surface area (TPSA) is 57.3 Å². The molecule has 1 unspecified atom stereocenters. The Kier molecular flexibility index (Phi) is 6.83. The maximum atomic E-state index is 12.2. The lowest BCUT2D eigenvalue weighted by Crippen LogP contribution is -2.46. The lowest BCUT2D eigenvalue weighted by molar-refractivity contribution is 0.171. The molecule has 1 aromatic heterocycles. The highest BCUT2D eigenvalue weighted by atomic mass is 32.2. The first-order chi connectivity index (χ1) is 10.7. The van der Waals surface area contributed by atoms with Crippen molar-refractivity contribution in [3.05, 3.63) is 24.0 Å². The number of amides is 2. The van der Waals surface area contributed by atoms with Gasteiger partial charge in [0.1, 0.15) is 0 Å². The molecule has 1 aliphatic rings. The number of carbonyl (C=O) groups is 1. The second-order valence-electron chi connectivity index (χ2n) is 5.76. The first-order valence-electron chi connectivity index (χ1n) is 7.87. The number of rotatable bonds is 6. The number of likely N-dealkylation sites (tertiary alicyclic amines) is 1. The molecule has 1 aliphatic heterocycles. The molecule has 2 amide bonds. The van der Waals surface area contributed by atoms with Crippen LogP contribution < -0.4 is 10.6 Å². The summed E-state index contributed by atoms with van der Waals surface area (Å²) in [7, 11) is 0. The van der Waals surface area contributed by atoms with Crippen molar-refractivity contribution in [2.75, 3.05) is 43.5 Å². The summed E-state index contributed by atoms with van der Waals surface area (Å²) >= 11 is 1.87. The van der Waals surface area contributed by atoms with Crippen LogP contribution in [0.15, 0.2) is 18.5 Å². The van der Waals surface area contributed by atoms with Crippen LogP contribution in [0.5, 0.6) is 0 Å². The van der Waals surface area contributed by atoms with Crippen LogP contribution in [0.3, 0.4) is 0 Å². The van der Waals surface area contributed by atoms with E-state index in [-0.39, 0.29) is 6.03 Å². The maximum Gasteiger partial charge on any atom is 0.317 e. The minimum atomic E-state index is 0.0686. The Morgan fingerprint density at radius 2 is 2.36 bits per heavy atom. The third-order valence-corrected chi connectivity index (χ3v) is 4.75. The average molecular weight is 322 g/mol. The van der Waals surface area contributed by atoms with Gasteiger partial charge in [0.05, 0.1) is 0 Å². The molecule has 0 aromatic carbocycles. The molecule has 1 aromatic rings. The monoisotopic (exact) mass is 322 g/mol. The fourth-order valence-electron chi connectivity index (χ4n) is 2.77. The Bertz CT molecular complexity index is 481. The van der Waals surface area contributed by atoms with E-state index in [1.54, 1.807) is 6.20 Å². The lowest BCUT2D eigenvalue weighted by atomic mass is 10.0. The number of hydrogen-bond donors (Lipinski definition) is 2. The van der Waals surface area contributed by atoms with Gasteiger partial charge in [-0.3, -0.25) is 4.98 Å². The molecular formula is C16H26N4OS. The van der Waals surface area contributed by atoms with Crippen molar-refractivity contribution >= 4 is 23.5 Å². The fraction of sp³-hybridized carbons (Fsp3) is 0.625. The van der Waals surface area contributed by atoms with Crippen molar-refractivity contribution in [1.82, 2.24) is 15.2 Å². The molecule has 0 radical (unpaired) electrons. The summed E-state index contributed by atoms with van der Waals surface area (Å²) < 4.78 is 0. The van der Waals surface area contributed by atoms with Gasteiger partial charge in [0.2, 0.25) is 0 Å². The minimum absolute atomic E-state index is 0.0686. The third kappa shape index (κ3) is 5.09. The Morgan fingerprint density at radius 1 is 1.50 bits per heavy atom. The van der Waals surface area contributed by atoms with E-state index < -0.39 is 0 Å². The molecule has 0 bridgehead atoms. The first-order valence-corrected chi connectivity index (χ1v) is 9.26. The summed E-state index contributed by atoms with van der Waals surface area (Å²) in [6.07, 6.45) is 8.10. The predicted octanol–water partition coefficient (Wildman–Crippen LogP) is 2.59. The van der Waals surface area contributed by atoms with Gasteiger partial charge >= 0.3 is 6.03 Å². The van der Waals surface area contributed by atoms with E-state index in [1.165, 1.54) is 6.42 Å². The number of hydrogen-bond acceptors (Lipinski definition) is 4. The number of carbonyl (C=O) groups excluding carboxylic acids is 1. The summed E-state index contributed by atoms with van der Waals surface area (Å²) in [6.45, 7) is 5.15. The number of aromatic nitrogens is 1. The highest BCUT2D eigenvalue weighted by Gasteiger charge is 2.22. The normalized spacial score (nSPS) is 18.1. The van der Waals surface area contributed by atoms with E-state index in [4.69, 9.17) is 0 Å². The van der Waals surface area contributed by atoms with Gasteiger partial charge in [-0.2, -0.15) is 11.8 Å². The summed E-state index contributed by atoms with van der Waals surface area (Å²) in [4.78, 5) is 18.2. The van der Waals surface area contributed by atoms with Crippen molar-refractivity contribution < 1.29 is 4.79 Å². The molecule has 2 N–H and O–H groups in total. The van der Waals surface area contributed by atoms with E-state index in [9.17, 15) is 4.79 Å². The van der Waals surface area contributed by atoms with Crippen molar-refractivity contribution in [3.8, 4) is 0 Å². The van der Waals surface area contributed by atoms with Crippen molar-refractivity contribution in [3.63, 3.8) is 0 Å². The van der Waals surface area contributed by atoms with Gasteiger partial charge < -0.3 is 15.5 Å². The molecule has 1 saturated heterocycles. The van der Waals surface area contributed by atoms with Crippen LogP contribution in [0, 0.1) is 12.8 Å². The summed E-state index contributed by atoms with van der Waals surface area (Å²) in [5, 5.41) is 6.33. The molecule has 22 heavy (non-hydrogen) atoms. The number of urea groups is 1. The molecule has 1 fully saturated rings. The van der Waals surface area contributed by atoms with Crippen LogP contribution in [-0.2, 0) is 0 Å². The Hall–Kier alpha value is -1.43. The fourth-order valence-corrected chi connectivity index (χ4v) is 3.51. The molecule has 2 rings (SSSR count). The van der Waals surface area contributed by atoms with Gasteiger partial charge in [0, 0.05) is 44.3 Å². The van der Waals surface area contributed by atoms with Gasteiger partial charge in [-0.1, -0.05) is 0 Å². The molecule has 5 nitrogen and oxygen atoms in total. The predicted molar refractivity (Wildman–Crippen MR) is 93.5 cm³/mol. The number of nitrogens with one attached hydrogen (secondary N) is 2. The second kappa shape index (κ2) is 8.88. The van der Waals surface area contributed by atoms with Crippen LogP contribution in [0.2, 0.25) is 0 Å². The number of aryl methyl sites for hydroxylation is 1. The van der Waals surface area contributed by atoms with Gasteiger partial charge in [-0.15, -0.1) is 0 Å². The minimum Gasteiger partial charge on any atom is -0.383 e. The van der Waals surface area contributed by atoms with E-state index >= 15 is 0 Å². The van der Waals surface area contributed by atoms with Crippen LogP contribution in [0.1, 0.15) is 18.4 Å². The number of pyridine rings is 1. The summed E-state index contributed by atoms with van der Waals surface area (Å²) in [5.41, 5.74) is 2.19. The standard InChI is InChI=1S/C16H26N4OS/c1-13-10-17-6-5-15(13)18-7-8-19-16(21)20-9-3-4-14(11-20)12-22-2/h5-6,10,14H,3-4,7-9,11-12H2,1-2H3,(H,17,18)(H,19,21). The smallest absolute Gasteiger partial charge is 0.317 e. The summed E-state index contributed by atoms with van der Waals surface area (Å²) in [5.74, 6) is 1.79. The molecule has 122 valence electrons. The summed E-state index contributed by atoms with van der Waals surface area (Å²) in [6, 6.07) is 2.02. The van der Waals surface area contributed by atoms with Crippen molar-refractivity contribution in [1.29, 1.82) is 0 Å². The van der Waals surface area contributed by atoms with Gasteiger partial charge in [-0.25, -0.2) is 4.79 Å². The van der Waals surface area contributed by atoms with Crippen LogP contribution in [-0.4, -0.2) is 54.1 Å². The average Bonchev–Trinajstić information content (AvgIpc) is 2.53. The Morgan fingerprint density at radius 3 is 3.14 bits per heavy atom.